The quantitative estimate of drug-likeness (QED) is 0.496. The minimum Gasteiger partial charge on any atom is -0.391 e. The van der Waals surface area contributed by atoms with Gasteiger partial charge in [-0.3, -0.25) is 5.32 Å². The van der Waals surface area contributed by atoms with Gasteiger partial charge in [0.2, 0.25) is 0 Å². The lowest BCUT2D eigenvalue weighted by atomic mass is 9.67. The molecule has 5 heteroatoms. The van der Waals surface area contributed by atoms with Crippen LogP contribution in [0.15, 0.2) is 0 Å². The van der Waals surface area contributed by atoms with Crippen LogP contribution in [0.3, 0.4) is 0 Å². The second-order valence-electron chi connectivity index (χ2n) is 10.6. The summed E-state index contributed by atoms with van der Waals surface area (Å²) >= 11 is 0. The minimum atomic E-state index is -0.245. The fraction of sp³-hybridized carbons (Fsp3) is 1.00. The highest BCUT2D eigenvalue weighted by Crippen LogP contribution is 2.38. The third-order valence-corrected chi connectivity index (χ3v) is 8.37. The van der Waals surface area contributed by atoms with Gasteiger partial charge in [-0.25, -0.2) is 0 Å². The van der Waals surface area contributed by atoms with E-state index >= 15 is 0 Å². The van der Waals surface area contributed by atoms with Crippen molar-refractivity contribution in [3.8, 4) is 0 Å². The van der Waals surface area contributed by atoms with Crippen LogP contribution in [0.5, 0.6) is 0 Å². The molecule has 0 spiro atoms. The zero-order valence-corrected chi connectivity index (χ0v) is 19.5. The van der Waals surface area contributed by atoms with Gasteiger partial charge in [0.15, 0.2) is 0 Å². The van der Waals surface area contributed by atoms with Crippen molar-refractivity contribution >= 4 is 0 Å². The first-order valence-corrected chi connectivity index (χ1v) is 12.3. The van der Waals surface area contributed by atoms with E-state index in [2.05, 4.69) is 43.6 Å². The van der Waals surface area contributed by atoms with E-state index in [1.807, 2.05) is 7.11 Å². The number of hydrogen-bond acceptors (Lipinski definition) is 5. The molecule has 5 nitrogen and oxygen atoms in total. The van der Waals surface area contributed by atoms with Gasteiger partial charge in [-0.15, -0.1) is 0 Å². The first-order valence-electron chi connectivity index (χ1n) is 12.3. The van der Waals surface area contributed by atoms with Gasteiger partial charge in [0.1, 0.15) is 0 Å². The van der Waals surface area contributed by atoms with Crippen LogP contribution in [-0.2, 0) is 4.74 Å². The van der Waals surface area contributed by atoms with E-state index in [1.165, 1.54) is 32.1 Å². The van der Waals surface area contributed by atoms with Crippen LogP contribution in [0.1, 0.15) is 72.6 Å². The molecule has 0 aromatic heterocycles. The number of aliphatic hydroxyl groups excluding tert-OH is 1. The van der Waals surface area contributed by atoms with E-state index in [9.17, 15) is 5.11 Å². The lowest BCUT2D eigenvalue weighted by Crippen LogP contribution is -2.62. The number of ether oxygens (including phenoxy) is 1. The highest BCUT2D eigenvalue weighted by atomic mass is 16.5. The maximum atomic E-state index is 11.4. The largest absolute Gasteiger partial charge is 0.391 e. The summed E-state index contributed by atoms with van der Waals surface area (Å²) in [5, 5.41) is 22.8. The Labute approximate surface area is 179 Å². The molecule has 2 saturated heterocycles. The predicted octanol–water partition coefficient (Wildman–Crippen LogP) is 3.13. The summed E-state index contributed by atoms with van der Waals surface area (Å²) in [6.07, 6.45) is 8.89. The highest BCUT2D eigenvalue weighted by Gasteiger charge is 2.44. The van der Waals surface area contributed by atoms with E-state index in [0.29, 0.717) is 35.9 Å². The number of methoxy groups -OCH3 is 1. The molecular formula is C24H47N3O2. The fourth-order valence-corrected chi connectivity index (χ4v) is 6.27. The van der Waals surface area contributed by atoms with Crippen molar-refractivity contribution in [1.29, 1.82) is 0 Å². The van der Waals surface area contributed by atoms with Crippen molar-refractivity contribution in [3.63, 3.8) is 0 Å². The molecule has 2 heterocycles. The molecule has 1 saturated carbocycles. The molecule has 10 atom stereocenters. The highest BCUT2D eigenvalue weighted by molar-refractivity contribution is 5.00. The van der Waals surface area contributed by atoms with E-state index in [1.54, 1.807) is 0 Å². The van der Waals surface area contributed by atoms with Crippen LogP contribution in [0.2, 0.25) is 0 Å². The molecule has 3 fully saturated rings. The minimum absolute atomic E-state index is 0.245. The molecular weight excluding hydrogens is 362 g/mol. The third-order valence-electron chi connectivity index (χ3n) is 8.37. The molecule has 0 aromatic rings. The molecule has 0 amide bonds. The smallest absolute Gasteiger partial charge is 0.0738 e. The van der Waals surface area contributed by atoms with Crippen LogP contribution in [0.4, 0.5) is 0 Å². The van der Waals surface area contributed by atoms with Crippen molar-refractivity contribution in [1.82, 2.24) is 16.0 Å². The van der Waals surface area contributed by atoms with Gasteiger partial charge >= 0.3 is 0 Å². The molecule has 2 aliphatic heterocycles. The second-order valence-corrected chi connectivity index (χ2v) is 10.6. The van der Waals surface area contributed by atoms with E-state index in [0.717, 1.165) is 31.8 Å². The monoisotopic (exact) mass is 409 g/mol. The summed E-state index contributed by atoms with van der Waals surface area (Å²) in [5.41, 5.74) is 0. The Morgan fingerprint density at radius 1 is 1.03 bits per heavy atom. The number of fused-ring (bicyclic) bond motifs is 1. The van der Waals surface area contributed by atoms with Crippen molar-refractivity contribution in [2.24, 2.45) is 29.6 Å². The van der Waals surface area contributed by atoms with Crippen molar-refractivity contribution in [3.05, 3.63) is 0 Å². The Balaban J connectivity index is 1.72. The molecule has 4 N–H and O–H groups in total. The van der Waals surface area contributed by atoms with Gasteiger partial charge in [-0.1, -0.05) is 20.8 Å². The molecule has 3 rings (SSSR count). The zero-order chi connectivity index (χ0) is 21.0. The summed E-state index contributed by atoms with van der Waals surface area (Å²) in [7, 11) is 1.81. The number of piperidine rings is 2. The van der Waals surface area contributed by atoms with Gasteiger partial charge in [-0.2, -0.15) is 0 Å². The normalized spacial score (nSPS) is 39.9. The number of rotatable bonds is 8. The zero-order valence-electron chi connectivity index (χ0n) is 19.5. The Morgan fingerprint density at radius 2 is 1.83 bits per heavy atom. The van der Waals surface area contributed by atoms with Crippen molar-refractivity contribution in [2.45, 2.75) is 103 Å². The van der Waals surface area contributed by atoms with Crippen LogP contribution >= 0.6 is 0 Å². The number of nitrogens with one attached hydrogen (secondary N) is 3. The average Bonchev–Trinajstić information content (AvgIpc) is 2.72. The molecule has 3 aliphatic rings. The van der Waals surface area contributed by atoms with E-state index < -0.39 is 0 Å². The summed E-state index contributed by atoms with van der Waals surface area (Å²) in [6, 6.07) is 0.622. The van der Waals surface area contributed by atoms with Crippen molar-refractivity contribution < 1.29 is 9.84 Å². The number of hydrogen-bond donors (Lipinski definition) is 4. The van der Waals surface area contributed by atoms with Gasteiger partial charge < -0.3 is 20.5 Å². The predicted molar refractivity (Wildman–Crippen MR) is 120 cm³/mol. The van der Waals surface area contributed by atoms with Crippen molar-refractivity contribution in [2.75, 3.05) is 20.2 Å². The third kappa shape index (κ3) is 5.94. The Kier molecular flexibility index (Phi) is 8.82. The maximum absolute atomic E-state index is 11.4. The van der Waals surface area contributed by atoms with Gasteiger partial charge in [0, 0.05) is 25.1 Å². The van der Waals surface area contributed by atoms with Crippen LogP contribution in [-0.4, -0.2) is 55.8 Å². The molecule has 29 heavy (non-hydrogen) atoms. The molecule has 0 radical (unpaired) electrons. The van der Waals surface area contributed by atoms with Gasteiger partial charge in [-0.05, 0) is 88.6 Å². The first-order chi connectivity index (χ1) is 13.9. The number of aliphatic hydroxyl groups is 1. The molecule has 10 unspecified atom stereocenters. The lowest BCUT2D eigenvalue weighted by Gasteiger charge is -2.48. The topological polar surface area (TPSA) is 65.5 Å². The molecule has 0 bridgehead atoms. The van der Waals surface area contributed by atoms with E-state index in [-0.39, 0.29) is 18.2 Å². The van der Waals surface area contributed by atoms with Crippen LogP contribution < -0.4 is 16.0 Å². The Bertz CT molecular complexity index is 491. The average molecular weight is 410 g/mol. The Hall–Kier alpha value is -0.200. The second kappa shape index (κ2) is 10.9. The van der Waals surface area contributed by atoms with Crippen LogP contribution in [0, 0.1) is 29.6 Å². The standard InChI is InChI=1S/C24H47N3O2/c1-15-10-12-25-21(13-15)27-22(17(3)14-16(2)18(4)29-5)20-9-8-19-7-6-11-26-23(19)24(20)28/h15-28H,6-14H2,1-5H3. The lowest BCUT2D eigenvalue weighted by molar-refractivity contribution is -0.0322. The molecule has 170 valence electrons. The maximum Gasteiger partial charge on any atom is 0.0738 e. The summed E-state index contributed by atoms with van der Waals surface area (Å²) < 4.78 is 5.60. The summed E-state index contributed by atoms with van der Waals surface area (Å²) in [6.45, 7) is 11.4. The summed E-state index contributed by atoms with van der Waals surface area (Å²) in [4.78, 5) is 0. The van der Waals surface area contributed by atoms with Gasteiger partial charge in [0.05, 0.1) is 18.4 Å². The van der Waals surface area contributed by atoms with Gasteiger partial charge in [0.25, 0.3) is 0 Å². The van der Waals surface area contributed by atoms with E-state index in [4.69, 9.17) is 4.74 Å². The molecule has 0 aromatic carbocycles. The Morgan fingerprint density at radius 3 is 2.55 bits per heavy atom. The summed E-state index contributed by atoms with van der Waals surface area (Å²) in [5.74, 6) is 2.75. The first kappa shape index (κ1) is 23.5. The molecule has 1 aliphatic carbocycles. The fourth-order valence-electron chi connectivity index (χ4n) is 6.27. The SMILES string of the molecule is COC(C)C(C)CC(C)C(NC1CC(C)CCN1)C1CCC2CCCNC2C1O. The van der Waals surface area contributed by atoms with Crippen LogP contribution in [0.25, 0.3) is 0 Å².